The van der Waals surface area contributed by atoms with Crippen LogP contribution >= 0.6 is 0 Å². The number of hydrogen-bond donors (Lipinski definition) is 1. The van der Waals surface area contributed by atoms with Crippen molar-refractivity contribution < 1.29 is 4.43 Å². The van der Waals surface area contributed by atoms with E-state index in [9.17, 15) is 4.91 Å². The normalized spacial score (nSPS) is 9.90. The lowest BCUT2D eigenvalue weighted by Crippen LogP contribution is -2.20. The molecule has 0 aliphatic heterocycles. The maximum Gasteiger partial charge on any atom is 0.255 e. The SMILES string of the molecule is Cc1c[n+](=O)c(C)c(C)[nH]1. The summed E-state index contributed by atoms with van der Waals surface area (Å²) in [6, 6.07) is 0. The highest BCUT2D eigenvalue weighted by molar-refractivity contribution is 5.03. The van der Waals surface area contributed by atoms with Gasteiger partial charge in [0.15, 0.2) is 0 Å². The van der Waals surface area contributed by atoms with Gasteiger partial charge in [-0.2, -0.15) is 0 Å². The molecular weight excluding hydrogens is 128 g/mol. The molecule has 1 aromatic rings. The summed E-state index contributed by atoms with van der Waals surface area (Å²) in [4.78, 5) is 14.0. The zero-order valence-corrected chi connectivity index (χ0v) is 6.43. The standard InChI is InChI=1S/C7H11N2O/c1-5-4-9(10)7(3)6(2)8-5/h4H,1-3H3,(H,8,10)/q+1. The van der Waals surface area contributed by atoms with E-state index in [0.29, 0.717) is 0 Å². The van der Waals surface area contributed by atoms with Crippen LogP contribution in [-0.2, 0) is 0 Å². The van der Waals surface area contributed by atoms with Crippen LogP contribution in [0.2, 0.25) is 0 Å². The van der Waals surface area contributed by atoms with Gasteiger partial charge < -0.3 is 4.98 Å². The maximum absolute atomic E-state index is 11.0. The van der Waals surface area contributed by atoms with Crippen LogP contribution in [0.15, 0.2) is 6.20 Å². The Morgan fingerprint density at radius 1 is 1.40 bits per heavy atom. The molecule has 0 bridgehead atoms. The van der Waals surface area contributed by atoms with Gasteiger partial charge in [-0.1, -0.05) is 0 Å². The minimum absolute atomic E-state index is 0.727. The highest BCUT2D eigenvalue weighted by Crippen LogP contribution is 1.95. The molecule has 10 heavy (non-hydrogen) atoms. The average molecular weight is 139 g/mol. The second-order valence-electron chi connectivity index (χ2n) is 2.47. The molecule has 0 amide bonds. The Labute approximate surface area is 59.3 Å². The number of aryl methyl sites for hydroxylation is 2. The van der Waals surface area contributed by atoms with Crippen LogP contribution in [0.4, 0.5) is 0 Å². The van der Waals surface area contributed by atoms with Crippen molar-refractivity contribution in [3.05, 3.63) is 28.2 Å². The third-order valence-electron chi connectivity index (χ3n) is 1.57. The number of nitrogens with zero attached hydrogens (tertiary/aromatic N) is 1. The molecule has 1 rings (SSSR count). The Morgan fingerprint density at radius 2 is 2.00 bits per heavy atom. The quantitative estimate of drug-likeness (QED) is 0.532. The van der Waals surface area contributed by atoms with Gasteiger partial charge in [0.05, 0.1) is 15.8 Å². The van der Waals surface area contributed by atoms with Crippen molar-refractivity contribution >= 4 is 0 Å². The first-order valence-corrected chi connectivity index (χ1v) is 3.20. The molecule has 0 atom stereocenters. The molecule has 1 N–H and O–H groups in total. The summed E-state index contributed by atoms with van der Waals surface area (Å²) in [5.41, 5.74) is 2.54. The summed E-state index contributed by atoms with van der Waals surface area (Å²) in [6.07, 6.45) is 1.53. The average Bonchev–Trinajstić information content (AvgIpc) is 1.82. The fourth-order valence-corrected chi connectivity index (χ4v) is 0.856. The van der Waals surface area contributed by atoms with Crippen LogP contribution in [0, 0.1) is 25.7 Å². The van der Waals surface area contributed by atoms with Crippen molar-refractivity contribution in [2.24, 2.45) is 0 Å². The lowest BCUT2D eigenvalue weighted by atomic mass is 10.3. The maximum atomic E-state index is 11.0. The van der Waals surface area contributed by atoms with Crippen LogP contribution in [-0.4, -0.2) is 4.98 Å². The number of aromatic nitrogens is 2. The van der Waals surface area contributed by atoms with E-state index < -0.39 is 0 Å². The van der Waals surface area contributed by atoms with E-state index in [1.807, 2.05) is 13.8 Å². The first-order chi connectivity index (χ1) is 4.61. The molecule has 1 heterocycles. The smallest absolute Gasteiger partial charge is 0.255 e. The van der Waals surface area contributed by atoms with Crippen molar-refractivity contribution in [1.82, 2.24) is 4.98 Å². The molecule has 3 nitrogen and oxygen atoms in total. The number of rotatable bonds is 0. The van der Waals surface area contributed by atoms with Crippen LogP contribution in [0.5, 0.6) is 0 Å². The fraction of sp³-hybridized carbons (Fsp3) is 0.429. The predicted molar refractivity (Wildman–Crippen MR) is 38.4 cm³/mol. The lowest BCUT2D eigenvalue weighted by Gasteiger charge is -1.91. The van der Waals surface area contributed by atoms with Gasteiger partial charge in [-0.25, -0.2) is 0 Å². The minimum atomic E-state index is 0.727. The molecule has 0 aliphatic carbocycles. The summed E-state index contributed by atoms with van der Waals surface area (Å²) in [7, 11) is 0. The van der Waals surface area contributed by atoms with Gasteiger partial charge >= 0.3 is 0 Å². The predicted octanol–water partition coefficient (Wildman–Crippen LogP) is 0.854. The van der Waals surface area contributed by atoms with Crippen molar-refractivity contribution in [3.63, 3.8) is 0 Å². The molecule has 54 valence electrons. The first-order valence-electron chi connectivity index (χ1n) is 3.20. The molecule has 1 aromatic heterocycles. The number of H-pyrrole nitrogens is 1. The van der Waals surface area contributed by atoms with Gasteiger partial charge in [-0.3, -0.25) is 0 Å². The number of aromatic amines is 1. The molecular formula is C7H11N2O+. The second-order valence-corrected chi connectivity index (χ2v) is 2.47. The van der Waals surface area contributed by atoms with Gasteiger partial charge in [0, 0.05) is 11.8 Å². The molecule has 0 aliphatic rings. The van der Waals surface area contributed by atoms with E-state index in [-0.39, 0.29) is 0 Å². The molecule has 0 unspecified atom stereocenters. The van der Waals surface area contributed by atoms with Crippen LogP contribution in [0.3, 0.4) is 0 Å². The molecule has 0 spiro atoms. The summed E-state index contributed by atoms with van der Waals surface area (Å²) in [5, 5.41) is 0. The van der Waals surface area contributed by atoms with Crippen LogP contribution in [0.25, 0.3) is 0 Å². The highest BCUT2D eigenvalue weighted by Gasteiger charge is 2.05. The van der Waals surface area contributed by atoms with E-state index >= 15 is 0 Å². The molecule has 0 fully saturated rings. The fourth-order valence-electron chi connectivity index (χ4n) is 0.856. The summed E-state index contributed by atoms with van der Waals surface area (Å²) < 4.78 is 0.876. The Bertz CT molecular complexity index is 301. The van der Waals surface area contributed by atoms with Gasteiger partial charge in [0.2, 0.25) is 6.20 Å². The van der Waals surface area contributed by atoms with E-state index in [4.69, 9.17) is 0 Å². The molecule has 0 radical (unpaired) electrons. The Balaban J connectivity index is 3.46. The summed E-state index contributed by atoms with van der Waals surface area (Å²) in [5.74, 6) is 0. The largest absolute Gasteiger partial charge is 0.353 e. The van der Waals surface area contributed by atoms with Gasteiger partial charge in [0.25, 0.3) is 5.69 Å². The monoisotopic (exact) mass is 139 g/mol. The summed E-state index contributed by atoms with van der Waals surface area (Å²) >= 11 is 0. The lowest BCUT2D eigenvalue weighted by molar-refractivity contribution is -0.504. The highest BCUT2D eigenvalue weighted by atomic mass is 16.3. The molecule has 0 aromatic carbocycles. The van der Waals surface area contributed by atoms with Crippen LogP contribution in [0.1, 0.15) is 17.1 Å². The summed E-state index contributed by atoms with van der Waals surface area (Å²) in [6.45, 7) is 5.54. The van der Waals surface area contributed by atoms with Gasteiger partial charge in [-0.05, 0) is 13.8 Å². The zero-order chi connectivity index (χ0) is 7.72. The van der Waals surface area contributed by atoms with Gasteiger partial charge in [0.1, 0.15) is 0 Å². The van der Waals surface area contributed by atoms with E-state index in [1.165, 1.54) is 6.20 Å². The Kier molecular flexibility index (Phi) is 1.57. The van der Waals surface area contributed by atoms with Crippen molar-refractivity contribution in [2.45, 2.75) is 20.8 Å². The Hall–Kier alpha value is -1.12. The van der Waals surface area contributed by atoms with Gasteiger partial charge in [-0.15, -0.1) is 0 Å². The number of hydrogen-bond acceptors (Lipinski definition) is 1. The van der Waals surface area contributed by atoms with E-state index in [0.717, 1.165) is 21.5 Å². The topological polar surface area (TPSA) is 38.8 Å². The molecule has 3 heteroatoms. The number of nitrogens with one attached hydrogen (secondary N) is 1. The Morgan fingerprint density at radius 3 is 2.50 bits per heavy atom. The van der Waals surface area contributed by atoms with Crippen molar-refractivity contribution in [1.29, 1.82) is 0 Å². The van der Waals surface area contributed by atoms with Crippen molar-refractivity contribution in [3.8, 4) is 0 Å². The van der Waals surface area contributed by atoms with Crippen molar-refractivity contribution in [2.75, 3.05) is 0 Å². The first kappa shape index (κ1) is 6.99. The third kappa shape index (κ3) is 1.07. The molecule has 0 saturated heterocycles. The minimum Gasteiger partial charge on any atom is -0.353 e. The third-order valence-corrected chi connectivity index (χ3v) is 1.57. The van der Waals surface area contributed by atoms with Crippen LogP contribution < -0.4 is 4.43 Å². The molecule has 0 saturated carbocycles. The zero-order valence-electron chi connectivity index (χ0n) is 6.43. The van der Waals surface area contributed by atoms with E-state index in [2.05, 4.69) is 4.98 Å². The second kappa shape index (κ2) is 2.25. The van der Waals surface area contributed by atoms with E-state index in [1.54, 1.807) is 6.92 Å².